The van der Waals surface area contributed by atoms with Crippen LogP contribution in [0.3, 0.4) is 0 Å². The standard InChI is InChI=1S/C18H25NO4/c20-17-9-5-4-8-15(17)16-13-22-11-10-19(16)18(21)23-12-14-6-2-1-3-7-14/h1-3,6-7,15-17,20H,4-5,8-13H2. The third-order valence-corrected chi connectivity index (χ3v) is 4.88. The molecule has 3 unspecified atom stereocenters. The molecule has 1 aromatic carbocycles. The van der Waals surface area contributed by atoms with E-state index in [-0.39, 0.29) is 30.8 Å². The fraction of sp³-hybridized carbons (Fsp3) is 0.611. The highest BCUT2D eigenvalue weighted by atomic mass is 16.6. The van der Waals surface area contributed by atoms with Crippen LogP contribution in [0.15, 0.2) is 30.3 Å². The number of benzene rings is 1. The van der Waals surface area contributed by atoms with Gasteiger partial charge >= 0.3 is 6.09 Å². The highest BCUT2D eigenvalue weighted by Crippen LogP contribution is 2.31. The van der Waals surface area contributed by atoms with Gasteiger partial charge in [0.2, 0.25) is 0 Å². The zero-order valence-corrected chi connectivity index (χ0v) is 13.4. The maximum absolute atomic E-state index is 12.5. The lowest BCUT2D eigenvalue weighted by molar-refractivity contribution is -0.0635. The minimum absolute atomic E-state index is 0.0812. The van der Waals surface area contributed by atoms with E-state index in [1.165, 1.54) is 0 Å². The number of morpholine rings is 1. The van der Waals surface area contributed by atoms with Crippen molar-refractivity contribution in [3.05, 3.63) is 35.9 Å². The maximum atomic E-state index is 12.5. The van der Waals surface area contributed by atoms with Crippen LogP contribution in [-0.2, 0) is 16.1 Å². The van der Waals surface area contributed by atoms with Crippen molar-refractivity contribution < 1.29 is 19.4 Å². The lowest BCUT2D eigenvalue weighted by atomic mass is 9.81. The van der Waals surface area contributed by atoms with E-state index >= 15 is 0 Å². The van der Waals surface area contributed by atoms with E-state index in [0.29, 0.717) is 19.8 Å². The monoisotopic (exact) mass is 319 g/mol. The highest BCUT2D eigenvalue weighted by Gasteiger charge is 2.38. The first-order valence-corrected chi connectivity index (χ1v) is 8.49. The van der Waals surface area contributed by atoms with Crippen LogP contribution in [0, 0.1) is 5.92 Å². The first kappa shape index (κ1) is 16.3. The van der Waals surface area contributed by atoms with E-state index in [1.54, 1.807) is 4.90 Å². The number of ether oxygens (including phenoxy) is 2. The van der Waals surface area contributed by atoms with E-state index in [0.717, 1.165) is 31.2 Å². The Morgan fingerprint density at radius 3 is 2.83 bits per heavy atom. The molecule has 2 fully saturated rings. The summed E-state index contributed by atoms with van der Waals surface area (Å²) in [5.74, 6) is 0.0910. The summed E-state index contributed by atoms with van der Waals surface area (Å²) in [6.45, 7) is 1.82. The Kier molecular flexibility index (Phi) is 5.51. The SMILES string of the molecule is O=C(OCc1ccccc1)N1CCOCC1C1CCCCC1O. The first-order chi connectivity index (χ1) is 11.3. The van der Waals surface area contributed by atoms with E-state index in [1.807, 2.05) is 30.3 Å². The summed E-state index contributed by atoms with van der Waals surface area (Å²) >= 11 is 0. The second-order valence-electron chi connectivity index (χ2n) is 6.39. The molecule has 1 aromatic rings. The van der Waals surface area contributed by atoms with Crippen LogP contribution in [0.2, 0.25) is 0 Å². The maximum Gasteiger partial charge on any atom is 0.410 e. The highest BCUT2D eigenvalue weighted by molar-refractivity contribution is 5.68. The number of hydrogen-bond donors (Lipinski definition) is 1. The van der Waals surface area contributed by atoms with Gasteiger partial charge < -0.3 is 19.5 Å². The number of nitrogens with zero attached hydrogens (tertiary/aromatic N) is 1. The van der Waals surface area contributed by atoms with Gasteiger partial charge in [-0.25, -0.2) is 4.79 Å². The Hall–Kier alpha value is -1.59. The quantitative estimate of drug-likeness (QED) is 0.930. The lowest BCUT2D eigenvalue weighted by Gasteiger charge is -2.42. The molecule has 1 aliphatic carbocycles. The van der Waals surface area contributed by atoms with Gasteiger partial charge in [-0.2, -0.15) is 0 Å². The second kappa shape index (κ2) is 7.79. The molecule has 126 valence electrons. The third-order valence-electron chi connectivity index (χ3n) is 4.88. The summed E-state index contributed by atoms with van der Waals surface area (Å²) in [6, 6.07) is 9.60. The number of amides is 1. The van der Waals surface area contributed by atoms with Gasteiger partial charge in [0.1, 0.15) is 6.61 Å². The Balaban J connectivity index is 1.62. The molecule has 2 aliphatic rings. The molecule has 23 heavy (non-hydrogen) atoms. The molecule has 0 aromatic heterocycles. The molecule has 1 heterocycles. The zero-order valence-electron chi connectivity index (χ0n) is 13.4. The van der Waals surface area contributed by atoms with Gasteiger partial charge in [-0.1, -0.05) is 43.2 Å². The zero-order chi connectivity index (χ0) is 16.1. The van der Waals surface area contributed by atoms with E-state index in [9.17, 15) is 9.90 Å². The third kappa shape index (κ3) is 4.03. The Labute approximate surface area is 137 Å². The molecule has 1 N–H and O–H groups in total. The largest absolute Gasteiger partial charge is 0.445 e. The van der Waals surface area contributed by atoms with Crippen molar-refractivity contribution in [3.8, 4) is 0 Å². The molecular weight excluding hydrogens is 294 g/mol. The molecule has 0 radical (unpaired) electrons. The fourth-order valence-corrected chi connectivity index (χ4v) is 3.60. The summed E-state index contributed by atoms with van der Waals surface area (Å²) in [6.07, 6.45) is 3.26. The molecule has 3 atom stereocenters. The number of aliphatic hydroxyl groups is 1. The van der Waals surface area contributed by atoms with Crippen LogP contribution in [0.5, 0.6) is 0 Å². The second-order valence-corrected chi connectivity index (χ2v) is 6.39. The fourth-order valence-electron chi connectivity index (χ4n) is 3.60. The number of carbonyl (C=O) groups excluding carboxylic acids is 1. The number of rotatable bonds is 3. The van der Waals surface area contributed by atoms with Crippen molar-refractivity contribution in [1.29, 1.82) is 0 Å². The Bertz CT molecular complexity index is 507. The number of hydrogen-bond acceptors (Lipinski definition) is 4. The lowest BCUT2D eigenvalue weighted by Crippen LogP contribution is -2.55. The Morgan fingerprint density at radius 2 is 2.04 bits per heavy atom. The minimum Gasteiger partial charge on any atom is -0.445 e. The summed E-state index contributed by atoms with van der Waals surface area (Å²) in [7, 11) is 0. The minimum atomic E-state index is -0.347. The van der Waals surface area contributed by atoms with Crippen LogP contribution < -0.4 is 0 Å². The normalized spacial score (nSPS) is 28.4. The van der Waals surface area contributed by atoms with Crippen LogP contribution in [0.1, 0.15) is 31.2 Å². The van der Waals surface area contributed by atoms with Crippen molar-refractivity contribution in [3.63, 3.8) is 0 Å². The molecular formula is C18H25NO4. The molecule has 1 amide bonds. The molecule has 3 rings (SSSR count). The van der Waals surface area contributed by atoms with Crippen molar-refractivity contribution in [1.82, 2.24) is 4.90 Å². The van der Waals surface area contributed by atoms with Gasteiger partial charge in [0.25, 0.3) is 0 Å². The summed E-state index contributed by atoms with van der Waals surface area (Å²) < 4.78 is 11.0. The average Bonchev–Trinajstić information content (AvgIpc) is 2.61. The smallest absolute Gasteiger partial charge is 0.410 e. The van der Waals surface area contributed by atoms with Crippen LogP contribution in [0.25, 0.3) is 0 Å². The number of aliphatic hydroxyl groups excluding tert-OH is 1. The molecule has 5 heteroatoms. The van der Waals surface area contributed by atoms with Gasteiger partial charge in [0, 0.05) is 12.5 Å². The van der Waals surface area contributed by atoms with Crippen molar-refractivity contribution in [2.24, 2.45) is 5.92 Å². The van der Waals surface area contributed by atoms with E-state index < -0.39 is 0 Å². The predicted octanol–water partition coefficient (Wildman–Crippen LogP) is 2.58. The number of carbonyl (C=O) groups is 1. The molecule has 1 aliphatic heterocycles. The molecule has 0 spiro atoms. The van der Waals surface area contributed by atoms with Crippen molar-refractivity contribution >= 4 is 6.09 Å². The summed E-state index contributed by atoms with van der Waals surface area (Å²) in [4.78, 5) is 14.3. The van der Waals surface area contributed by atoms with Crippen molar-refractivity contribution in [2.45, 2.75) is 44.4 Å². The van der Waals surface area contributed by atoms with E-state index in [2.05, 4.69) is 0 Å². The average molecular weight is 319 g/mol. The van der Waals surface area contributed by atoms with Gasteiger partial charge in [-0.05, 0) is 18.4 Å². The first-order valence-electron chi connectivity index (χ1n) is 8.49. The van der Waals surface area contributed by atoms with Gasteiger partial charge in [0.15, 0.2) is 0 Å². The van der Waals surface area contributed by atoms with Gasteiger partial charge in [-0.15, -0.1) is 0 Å². The topological polar surface area (TPSA) is 59.0 Å². The molecule has 0 bridgehead atoms. The molecule has 1 saturated heterocycles. The molecule has 5 nitrogen and oxygen atoms in total. The predicted molar refractivity (Wildman–Crippen MR) is 85.9 cm³/mol. The molecule has 1 saturated carbocycles. The van der Waals surface area contributed by atoms with Crippen LogP contribution >= 0.6 is 0 Å². The van der Waals surface area contributed by atoms with Crippen LogP contribution in [0.4, 0.5) is 4.79 Å². The van der Waals surface area contributed by atoms with Crippen molar-refractivity contribution in [2.75, 3.05) is 19.8 Å². The summed E-state index contributed by atoms with van der Waals surface area (Å²) in [5, 5.41) is 10.3. The summed E-state index contributed by atoms with van der Waals surface area (Å²) in [5.41, 5.74) is 0.975. The van der Waals surface area contributed by atoms with E-state index in [4.69, 9.17) is 9.47 Å². The Morgan fingerprint density at radius 1 is 1.26 bits per heavy atom. The van der Waals surface area contributed by atoms with Gasteiger partial charge in [0.05, 0.1) is 25.4 Å². The van der Waals surface area contributed by atoms with Gasteiger partial charge in [-0.3, -0.25) is 0 Å². The van der Waals surface area contributed by atoms with Crippen LogP contribution in [-0.4, -0.2) is 48.0 Å².